The summed E-state index contributed by atoms with van der Waals surface area (Å²) in [6, 6.07) is 8.39. The molecular formula is C22H35IN4O2. The van der Waals surface area contributed by atoms with Crippen LogP contribution in [0.2, 0.25) is 0 Å². The van der Waals surface area contributed by atoms with Crippen molar-refractivity contribution in [2.24, 2.45) is 10.4 Å². The number of hydrogen-bond donors (Lipinski definition) is 1. The van der Waals surface area contributed by atoms with Gasteiger partial charge in [0.15, 0.2) is 5.96 Å². The lowest BCUT2D eigenvalue weighted by molar-refractivity contribution is 0.0322. The first kappa shape index (κ1) is 22.6. The number of morpholine rings is 1. The second kappa shape index (κ2) is 10.8. The number of nitrogens with one attached hydrogen (secondary N) is 1. The van der Waals surface area contributed by atoms with E-state index in [-0.39, 0.29) is 24.0 Å². The number of guanidine groups is 1. The standard InChI is InChI=1S/C22H34N4O2.HI/c1-23-21(26-9-8-22(18-26)6-3-7-22)24-17-19-4-2-5-20(16-19)28-15-12-25-10-13-27-14-11-25;/h2,4-5,16H,3,6-15,17-18H2,1H3,(H,23,24);1H. The van der Waals surface area contributed by atoms with Crippen molar-refractivity contribution in [1.29, 1.82) is 0 Å². The Hall–Kier alpha value is -1.06. The summed E-state index contributed by atoms with van der Waals surface area (Å²) in [6.45, 7) is 8.41. The Morgan fingerprint density at radius 3 is 2.72 bits per heavy atom. The molecule has 1 aromatic rings. The van der Waals surface area contributed by atoms with Crippen LogP contribution in [0.25, 0.3) is 0 Å². The topological polar surface area (TPSA) is 49.3 Å². The zero-order valence-corrected chi connectivity index (χ0v) is 19.9. The van der Waals surface area contributed by atoms with Gasteiger partial charge in [0.2, 0.25) is 0 Å². The van der Waals surface area contributed by atoms with E-state index in [4.69, 9.17) is 9.47 Å². The van der Waals surface area contributed by atoms with E-state index in [1.165, 1.54) is 31.2 Å². The summed E-state index contributed by atoms with van der Waals surface area (Å²) in [5, 5.41) is 3.55. The minimum absolute atomic E-state index is 0. The number of nitrogens with zero attached hydrogens (tertiary/aromatic N) is 3. The summed E-state index contributed by atoms with van der Waals surface area (Å²) in [6.07, 6.45) is 5.51. The molecule has 4 rings (SSSR count). The van der Waals surface area contributed by atoms with E-state index in [1.807, 2.05) is 13.1 Å². The highest BCUT2D eigenvalue weighted by Crippen LogP contribution is 2.47. The number of aliphatic imine (C=N–C) groups is 1. The van der Waals surface area contributed by atoms with Crippen LogP contribution in [0, 0.1) is 5.41 Å². The molecular weight excluding hydrogens is 479 g/mol. The Morgan fingerprint density at radius 2 is 2.03 bits per heavy atom. The molecule has 0 unspecified atom stereocenters. The van der Waals surface area contributed by atoms with Crippen LogP contribution >= 0.6 is 24.0 Å². The van der Waals surface area contributed by atoms with E-state index in [1.54, 1.807) is 0 Å². The van der Waals surface area contributed by atoms with E-state index in [9.17, 15) is 0 Å². The van der Waals surface area contributed by atoms with Crippen molar-refractivity contribution in [2.75, 3.05) is 59.6 Å². The van der Waals surface area contributed by atoms with Gasteiger partial charge in [-0.2, -0.15) is 0 Å². The Morgan fingerprint density at radius 1 is 1.21 bits per heavy atom. The van der Waals surface area contributed by atoms with Gasteiger partial charge in [-0.1, -0.05) is 18.6 Å². The third-order valence-corrected chi connectivity index (χ3v) is 6.49. The van der Waals surface area contributed by atoms with E-state index in [0.29, 0.717) is 12.0 Å². The zero-order valence-electron chi connectivity index (χ0n) is 17.6. The summed E-state index contributed by atoms with van der Waals surface area (Å²) >= 11 is 0. The second-order valence-corrected chi connectivity index (χ2v) is 8.38. The summed E-state index contributed by atoms with van der Waals surface area (Å²) in [7, 11) is 1.89. The van der Waals surface area contributed by atoms with Crippen LogP contribution in [-0.4, -0.2) is 75.4 Å². The molecule has 3 aliphatic rings. The number of ether oxygens (including phenoxy) is 2. The minimum atomic E-state index is 0. The fraction of sp³-hybridized carbons (Fsp3) is 0.682. The van der Waals surface area contributed by atoms with E-state index < -0.39 is 0 Å². The average Bonchev–Trinajstić information content (AvgIpc) is 3.16. The molecule has 3 fully saturated rings. The van der Waals surface area contributed by atoms with Gasteiger partial charge in [-0.05, 0) is 42.4 Å². The highest BCUT2D eigenvalue weighted by Gasteiger charge is 2.43. The molecule has 2 aliphatic heterocycles. The molecule has 0 aromatic heterocycles. The van der Waals surface area contributed by atoms with Crippen LogP contribution in [0.5, 0.6) is 5.75 Å². The predicted octanol–water partition coefficient (Wildman–Crippen LogP) is 2.97. The number of hydrogen-bond acceptors (Lipinski definition) is 4. The summed E-state index contributed by atoms with van der Waals surface area (Å²) in [5.41, 5.74) is 1.81. The molecule has 7 heteroatoms. The lowest BCUT2D eigenvalue weighted by Gasteiger charge is -2.38. The highest BCUT2D eigenvalue weighted by molar-refractivity contribution is 14.0. The molecule has 0 atom stereocenters. The van der Waals surface area contributed by atoms with E-state index in [0.717, 1.165) is 64.2 Å². The van der Waals surface area contributed by atoms with Crippen molar-refractivity contribution in [3.8, 4) is 5.75 Å². The SMILES string of the molecule is CN=C(NCc1cccc(OCCN2CCOCC2)c1)N1CCC2(CCC2)C1.I. The predicted molar refractivity (Wildman–Crippen MR) is 127 cm³/mol. The molecule has 162 valence electrons. The normalized spacial score (nSPS) is 21.6. The van der Waals surface area contributed by atoms with E-state index >= 15 is 0 Å². The third kappa shape index (κ3) is 5.98. The van der Waals surface area contributed by atoms with Crippen molar-refractivity contribution in [3.05, 3.63) is 29.8 Å². The Balaban J connectivity index is 0.00000240. The van der Waals surface area contributed by atoms with Gasteiger partial charge in [-0.15, -0.1) is 24.0 Å². The molecule has 0 bridgehead atoms. The fourth-order valence-corrected chi connectivity index (χ4v) is 4.58. The van der Waals surface area contributed by atoms with Crippen LogP contribution in [0.15, 0.2) is 29.3 Å². The van der Waals surface area contributed by atoms with Crippen molar-refractivity contribution < 1.29 is 9.47 Å². The summed E-state index contributed by atoms with van der Waals surface area (Å²) in [5.74, 6) is 1.97. The molecule has 6 nitrogen and oxygen atoms in total. The maximum absolute atomic E-state index is 5.98. The lowest BCUT2D eigenvalue weighted by atomic mass is 9.68. The third-order valence-electron chi connectivity index (χ3n) is 6.49. The van der Waals surface area contributed by atoms with E-state index in [2.05, 4.69) is 38.3 Å². The highest BCUT2D eigenvalue weighted by atomic mass is 127. The van der Waals surface area contributed by atoms with Gasteiger partial charge in [0, 0.05) is 46.3 Å². The molecule has 2 heterocycles. The number of likely N-dealkylation sites (tertiary alicyclic amines) is 1. The van der Waals surface area contributed by atoms with Gasteiger partial charge < -0.3 is 19.7 Å². The molecule has 0 radical (unpaired) electrons. The van der Waals surface area contributed by atoms with Gasteiger partial charge in [0.05, 0.1) is 13.2 Å². The molecule has 1 saturated carbocycles. The van der Waals surface area contributed by atoms with Gasteiger partial charge in [-0.25, -0.2) is 0 Å². The smallest absolute Gasteiger partial charge is 0.193 e. The summed E-state index contributed by atoms with van der Waals surface area (Å²) in [4.78, 5) is 9.34. The van der Waals surface area contributed by atoms with Gasteiger partial charge >= 0.3 is 0 Å². The number of rotatable bonds is 6. The molecule has 1 aromatic carbocycles. The fourth-order valence-electron chi connectivity index (χ4n) is 4.58. The van der Waals surface area contributed by atoms with Gasteiger partial charge in [0.25, 0.3) is 0 Å². The maximum atomic E-state index is 5.98. The lowest BCUT2D eigenvalue weighted by Crippen LogP contribution is -2.42. The molecule has 1 aliphatic carbocycles. The summed E-state index contributed by atoms with van der Waals surface area (Å²) < 4.78 is 11.4. The van der Waals surface area contributed by atoms with Crippen LogP contribution < -0.4 is 10.1 Å². The Bertz CT molecular complexity index is 675. The molecule has 1 spiro atoms. The van der Waals surface area contributed by atoms with Crippen LogP contribution in [0.4, 0.5) is 0 Å². The van der Waals surface area contributed by atoms with Crippen LogP contribution in [0.1, 0.15) is 31.2 Å². The number of halogens is 1. The van der Waals surface area contributed by atoms with Gasteiger partial charge in [0.1, 0.15) is 12.4 Å². The molecule has 2 saturated heterocycles. The molecule has 1 N–H and O–H groups in total. The second-order valence-electron chi connectivity index (χ2n) is 8.38. The molecule has 0 amide bonds. The quantitative estimate of drug-likeness (QED) is 0.360. The maximum Gasteiger partial charge on any atom is 0.193 e. The Labute approximate surface area is 192 Å². The van der Waals surface area contributed by atoms with Crippen LogP contribution in [0.3, 0.4) is 0 Å². The number of benzene rings is 1. The van der Waals surface area contributed by atoms with Crippen molar-refractivity contribution in [2.45, 2.75) is 32.2 Å². The van der Waals surface area contributed by atoms with Crippen molar-refractivity contribution in [3.63, 3.8) is 0 Å². The zero-order chi connectivity index (χ0) is 19.2. The first-order valence-electron chi connectivity index (χ1n) is 10.7. The Kier molecular flexibility index (Phi) is 8.44. The monoisotopic (exact) mass is 514 g/mol. The minimum Gasteiger partial charge on any atom is -0.492 e. The van der Waals surface area contributed by atoms with Crippen LogP contribution in [-0.2, 0) is 11.3 Å². The largest absolute Gasteiger partial charge is 0.492 e. The first-order chi connectivity index (χ1) is 13.8. The molecule has 29 heavy (non-hydrogen) atoms. The van der Waals surface area contributed by atoms with Crippen molar-refractivity contribution >= 4 is 29.9 Å². The first-order valence-corrected chi connectivity index (χ1v) is 10.7. The van der Waals surface area contributed by atoms with Gasteiger partial charge in [-0.3, -0.25) is 9.89 Å². The average molecular weight is 514 g/mol. The van der Waals surface area contributed by atoms with Crippen molar-refractivity contribution in [1.82, 2.24) is 15.1 Å².